The molecule has 2 rings (SSSR count). The largest absolute Gasteiger partial charge is 0.374 e. The minimum Gasteiger partial charge on any atom is -0.374 e. The highest BCUT2D eigenvalue weighted by Crippen LogP contribution is 2.20. The molecule has 0 bridgehead atoms. The number of morpholine rings is 1. The molecule has 1 saturated heterocycles. The maximum Gasteiger partial charge on any atom is 0.0826 e. The van der Waals surface area contributed by atoms with E-state index in [0.29, 0.717) is 6.10 Å². The lowest BCUT2D eigenvalue weighted by atomic mass is 10.2. The normalized spacial score (nSPS) is 20.5. The van der Waals surface area contributed by atoms with Crippen LogP contribution in [0.25, 0.3) is 0 Å². The van der Waals surface area contributed by atoms with Crippen molar-refractivity contribution in [1.82, 2.24) is 20.0 Å². The molecule has 1 atom stereocenters. The number of nitrogens with one attached hydrogen (secondary N) is 1. The zero-order valence-electron chi connectivity index (χ0n) is 12.7. The van der Waals surface area contributed by atoms with E-state index in [-0.39, 0.29) is 0 Å². The van der Waals surface area contributed by atoms with Crippen LogP contribution < -0.4 is 5.32 Å². The fraction of sp³-hybridized carbons (Fsp3) is 0.786. The summed E-state index contributed by atoms with van der Waals surface area (Å²) in [7, 11) is 0. The molecule has 0 aromatic carbocycles. The molecular formula is C14H25BrN4O. The second-order valence-electron chi connectivity index (χ2n) is 5.18. The molecule has 0 radical (unpaired) electrons. The first-order chi connectivity index (χ1) is 9.65. The van der Waals surface area contributed by atoms with Crippen LogP contribution in [-0.4, -0.2) is 53.6 Å². The molecule has 1 aromatic heterocycles. The van der Waals surface area contributed by atoms with E-state index in [4.69, 9.17) is 4.74 Å². The van der Waals surface area contributed by atoms with Crippen molar-refractivity contribution in [2.24, 2.45) is 0 Å². The van der Waals surface area contributed by atoms with Crippen molar-refractivity contribution in [2.75, 3.05) is 32.8 Å². The SMILES string of the molecule is CCN1CCOC(CNCc2c(Br)c(C)nn2CC)C1. The van der Waals surface area contributed by atoms with Gasteiger partial charge in [-0.1, -0.05) is 6.92 Å². The van der Waals surface area contributed by atoms with Crippen LogP contribution in [0.15, 0.2) is 4.47 Å². The van der Waals surface area contributed by atoms with Gasteiger partial charge < -0.3 is 10.1 Å². The number of rotatable bonds is 6. The Labute approximate surface area is 129 Å². The van der Waals surface area contributed by atoms with Gasteiger partial charge in [-0.3, -0.25) is 9.58 Å². The summed E-state index contributed by atoms with van der Waals surface area (Å²) in [5.41, 5.74) is 2.27. The van der Waals surface area contributed by atoms with E-state index in [1.165, 1.54) is 5.69 Å². The highest BCUT2D eigenvalue weighted by molar-refractivity contribution is 9.10. The zero-order valence-corrected chi connectivity index (χ0v) is 14.2. The molecule has 0 aliphatic carbocycles. The van der Waals surface area contributed by atoms with Crippen molar-refractivity contribution < 1.29 is 4.74 Å². The van der Waals surface area contributed by atoms with Crippen molar-refractivity contribution in [3.05, 3.63) is 15.9 Å². The highest BCUT2D eigenvalue weighted by atomic mass is 79.9. The van der Waals surface area contributed by atoms with Crippen LogP contribution in [0, 0.1) is 6.92 Å². The van der Waals surface area contributed by atoms with E-state index in [2.05, 4.69) is 45.1 Å². The minimum atomic E-state index is 0.293. The Morgan fingerprint density at radius 2 is 2.20 bits per heavy atom. The molecule has 6 heteroatoms. The first-order valence-corrected chi connectivity index (χ1v) is 8.21. The maximum absolute atomic E-state index is 5.80. The lowest BCUT2D eigenvalue weighted by Crippen LogP contribution is -2.46. The van der Waals surface area contributed by atoms with Crippen LogP contribution in [0.4, 0.5) is 0 Å². The fourth-order valence-corrected chi connectivity index (χ4v) is 3.00. The number of aromatic nitrogens is 2. The van der Waals surface area contributed by atoms with Crippen molar-refractivity contribution >= 4 is 15.9 Å². The Balaban J connectivity index is 1.84. The summed E-state index contributed by atoms with van der Waals surface area (Å²) in [6.07, 6.45) is 0.293. The van der Waals surface area contributed by atoms with Gasteiger partial charge in [0, 0.05) is 32.7 Å². The highest BCUT2D eigenvalue weighted by Gasteiger charge is 2.19. The Bertz CT molecular complexity index is 435. The lowest BCUT2D eigenvalue weighted by molar-refractivity contribution is -0.0254. The third kappa shape index (κ3) is 3.81. The number of ether oxygens (including phenoxy) is 1. The van der Waals surface area contributed by atoms with Gasteiger partial charge >= 0.3 is 0 Å². The van der Waals surface area contributed by atoms with Crippen molar-refractivity contribution in [1.29, 1.82) is 0 Å². The summed E-state index contributed by atoms with van der Waals surface area (Å²) in [5, 5.41) is 8.01. The first-order valence-electron chi connectivity index (χ1n) is 7.42. The quantitative estimate of drug-likeness (QED) is 0.854. The second kappa shape index (κ2) is 7.54. The van der Waals surface area contributed by atoms with Crippen LogP contribution >= 0.6 is 15.9 Å². The van der Waals surface area contributed by atoms with Crippen LogP contribution in [0.2, 0.25) is 0 Å². The van der Waals surface area contributed by atoms with Crippen molar-refractivity contribution in [3.8, 4) is 0 Å². The third-order valence-corrected chi connectivity index (χ3v) is 4.82. The van der Waals surface area contributed by atoms with Crippen LogP contribution in [0.1, 0.15) is 25.2 Å². The Kier molecular flexibility index (Phi) is 6.01. The monoisotopic (exact) mass is 344 g/mol. The molecule has 20 heavy (non-hydrogen) atoms. The molecule has 1 unspecified atom stereocenters. The molecule has 114 valence electrons. The summed E-state index contributed by atoms with van der Waals surface area (Å²) in [5.74, 6) is 0. The molecule has 2 heterocycles. The molecular weight excluding hydrogens is 320 g/mol. The molecule has 1 aromatic rings. The first kappa shape index (κ1) is 15.9. The van der Waals surface area contributed by atoms with Gasteiger partial charge in [0.2, 0.25) is 0 Å². The van der Waals surface area contributed by atoms with Crippen molar-refractivity contribution in [3.63, 3.8) is 0 Å². The van der Waals surface area contributed by atoms with E-state index >= 15 is 0 Å². The number of likely N-dealkylation sites (N-methyl/N-ethyl adjacent to an activating group) is 1. The average Bonchev–Trinajstić information content (AvgIpc) is 2.75. The van der Waals surface area contributed by atoms with Gasteiger partial charge in [0.05, 0.1) is 28.6 Å². The number of hydrogen-bond acceptors (Lipinski definition) is 4. The van der Waals surface area contributed by atoms with Gasteiger partial charge in [-0.05, 0) is 36.3 Å². The van der Waals surface area contributed by atoms with E-state index < -0.39 is 0 Å². The van der Waals surface area contributed by atoms with E-state index in [9.17, 15) is 0 Å². The summed E-state index contributed by atoms with van der Waals surface area (Å²) in [6.45, 7) is 13.0. The van der Waals surface area contributed by atoms with Crippen LogP contribution in [0.3, 0.4) is 0 Å². The smallest absolute Gasteiger partial charge is 0.0826 e. The minimum absolute atomic E-state index is 0.293. The predicted molar refractivity (Wildman–Crippen MR) is 83.9 cm³/mol. The maximum atomic E-state index is 5.80. The van der Waals surface area contributed by atoms with Gasteiger partial charge in [0.25, 0.3) is 0 Å². The second-order valence-corrected chi connectivity index (χ2v) is 5.97. The van der Waals surface area contributed by atoms with Gasteiger partial charge in [0.1, 0.15) is 0 Å². The van der Waals surface area contributed by atoms with Crippen LogP contribution in [0.5, 0.6) is 0 Å². The van der Waals surface area contributed by atoms with Gasteiger partial charge in [-0.2, -0.15) is 5.10 Å². The van der Waals surface area contributed by atoms with Gasteiger partial charge in [0.15, 0.2) is 0 Å². The average molecular weight is 345 g/mol. The molecule has 1 aliphatic heterocycles. The molecule has 1 aliphatic rings. The third-order valence-electron chi connectivity index (χ3n) is 3.79. The summed E-state index contributed by atoms with van der Waals surface area (Å²) >= 11 is 3.63. The topological polar surface area (TPSA) is 42.3 Å². The zero-order chi connectivity index (χ0) is 14.5. The Morgan fingerprint density at radius 1 is 1.40 bits per heavy atom. The molecule has 5 nitrogen and oxygen atoms in total. The van der Waals surface area contributed by atoms with Gasteiger partial charge in [-0.15, -0.1) is 0 Å². The fourth-order valence-electron chi connectivity index (χ4n) is 2.58. The van der Waals surface area contributed by atoms with Crippen molar-refractivity contribution in [2.45, 2.75) is 40.0 Å². The molecule has 0 spiro atoms. The summed E-state index contributed by atoms with van der Waals surface area (Å²) in [4.78, 5) is 2.44. The van der Waals surface area contributed by atoms with Gasteiger partial charge in [-0.25, -0.2) is 0 Å². The Morgan fingerprint density at radius 3 is 2.90 bits per heavy atom. The van der Waals surface area contributed by atoms with Crippen LogP contribution in [-0.2, 0) is 17.8 Å². The Hall–Kier alpha value is -0.430. The number of nitrogens with zero attached hydrogens (tertiary/aromatic N) is 3. The molecule has 1 N–H and O–H groups in total. The lowest BCUT2D eigenvalue weighted by Gasteiger charge is -2.32. The van der Waals surface area contributed by atoms with E-state index in [0.717, 1.165) is 56.0 Å². The molecule has 0 saturated carbocycles. The predicted octanol–water partition coefficient (Wildman–Crippen LogP) is 1.78. The summed E-state index contributed by atoms with van der Waals surface area (Å²) in [6, 6.07) is 0. The number of hydrogen-bond donors (Lipinski definition) is 1. The summed E-state index contributed by atoms with van der Waals surface area (Å²) < 4.78 is 8.97. The van der Waals surface area contributed by atoms with E-state index in [1.807, 2.05) is 11.6 Å². The van der Waals surface area contributed by atoms with E-state index in [1.54, 1.807) is 0 Å². The molecule has 0 amide bonds. The molecule has 1 fully saturated rings. The standard InChI is InChI=1S/C14H25BrN4O/c1-4-18-6-7-20-12(10-18)8-16-9-13-14(15)11(3)17-19(13)5-2/h12,16H,4-10H2,1-3H3. The number of aryl methyl sites for hydroxylation is 2. The number of halogens is 1.